The molecule has 0 aromatic heterocycles. The van der Waals surface area contributed by atoms with E-state index in [9.17, 15) is 0 Å². The Morgan fingerprint density at radius 3 is 0.640 bits per heavy atom. The average molecular weight is 823 g/mol. The molecule has 8 saturated heterocycles. The molecule has 28 unspecified atom stereocenters. The zero-order chi connectivity index (χ0) is 33.5. The Labute approximate surface area is 339 Å². The zero-order valence-electron chi connectivity index (χ0n) is 31.1. The SMILES string of the molecule is CC1CC2C(C)C3CC(C4CC5C(C)C6CC(C7CC8C(C)C9CC(C%10CC%11C(C)C%12CC(C)SC%12C%11S%10)SC9C8S7)SC6C5S4)SC3C2S1. The maximum atomic E-state index is 2.73. The molecule has 12 fully saturated rings. The van der Waals surface area contributed by atoms with Crippen LogP contribution in [-0.2, 0) is 0 Å². The van der Waals surface area contributed by atoms with Crippen molar-refractivity contribution in [2.75, 3.05) is 0 Å². The van der Waals surface area contributed by atoms with Gasteiger partial charge in [-0.15, -0.1) is 0 Å². The molecule has 12 aliphatic rings. The van der Waals surface area contributed by atoms with Gasteiger partial charge in [0.05, 0.1) is 0 Å². The van der Waals surface area contributed by atoms with E-state index in [0.717, 1.165) is 155 Å². The Morgan fingerprint density at radius 2 is 0.420 bits per heavy atom. The third-order valence-corrected chi connectivity index (χ3v) is 33.7. The molecule has 4 aliphatic carbocycles. The lowest BCUT2D eigenvalue weighted by atomic mass is 9.82. The average Bonchev–Trinajstić information content (AvgIpc) is 3.93. The lowest BCUT2D eigenvalue weighted by Crippen LogP contribution is -2.24. The van der Waals surface area contributed by atoms with Gasteiger partial charge in [0.25, 0.3) is 0 Å². The van der Waals surface area contributed by atoms with Gasteiger partial charge in [0, 0.05) is 84.0 Å². The van der Waals surface area contributed by atoms with Gasteiger partial charge in [-0.3, -0.25) is 0 Å². The first-order valence-electron chi connectivity index (χ1n) is 21.4. The third-order valence-electron chi connectivity index (χ3n) is 18.3. The summed E-state index contributed by atoms with van der Waals surface area (Å²) in [5.41, 5.74) is 0. The van der Waals surface area contributed by atoms with E-state index in [4.69, 9.17) is 0 Å². The molecule has 0 amide bonds. The van der Waals surface area contributed by atoms with E-state index >= 15 is 0 Å². The van der Waals surface area contributed by atoms with E-state index in [-0.39, 0.29) is 0 Å². The number of hydrogen-bond acceptors (Lipinski definition) is 8. The third kappa shape index (κ3) is 5.00. The van der Waals surface area contributed by atoms with Crippen LogP contribution in [0.25, 0.3) is 0 Å². The molecule has 8 aliphatic heterocycles. The minimum absolute atomic E-state index is 0.914. The molecule has 8 heteroatoms. The summed E-state index contributed by atoms with van der Waals surface area (Å²) in [6.07, 6.45) is 12.4. The van der Waals surface area contributed by atoms with Gasteiger partial charge in [0.15, 0.2) is 0 Å². The summed E-state index contributed by atoms with van der Waals surface area (Å²) in [4.78, 5) is 0. The van der Waals surface area contributed by atoms with Crippen molar-refractivity contribution in [2.45, 2.75) is 177 Å². The topological polar surface area (TPSA) is 0 Å². The molecular weight excluding hydrogens is 761 g/mol. The second-order valence-corrected chi connectivity index (χ2v) is 32.1. The lowest BCUT2D eigenvalue weighted by molar-refractivity contribution is 0.299. The van der Waals surface area contributed by atoms with Crippen molar-refractivity contribution in [3.05, 3.63) is 0 Å². The highest BCUT2D eigenvalue weighted by atomic mass is 32.2. The molecule has 4 saturated carbocycles. The van der Waals surface area contributed by atoms with Crippen LogP contribution < -0.4 is 0 Å². The van der Waals surface area contributed by atoms with E-state index in [1.807, 2.05) is 0 Å². The number of rotatable bonds is 3. The van der Waals surface area contributed by atoms with Crippen molar-refractivity contribution in [2.24, 2.45) is 71.0 Å². The van der Waals surface area contributed by atoms with Crippen LogP contribution in [0.4, 0.5) is 0 Å². The maximum Gasteiger partial charge on any atom is 0.0203 e. The standard InChI is InChI=1S/C42H62S8/c1-15-7-21-17(3)23-9-29(45-37(23)35(21)43-15)31-11-25-19(5)27-13-33(49-41(27)39(25)47-31)34-14-28-20(6)26-12-32(48-40(26)42(28)50-34)30-10-24-18(4)22-8-16(2)44-36(22)38(24)46-30/h15-42H,7-14H2,1-6H3. The molecule has 50 heavy (non-hydrogen) atoms. The molecule has 28 atom stereocenters. The van der Waals surface area contributed by atoms with Crippen molar-refractivity contribution in [1.82, 2.24) is 0 Å². The van der Waals surface area contributed by atoms with Gasteiger partial charge in [-0.05, 0) is 122 Å². The van der Waals surface area contributed by atoms with Crippen molar-refractivity contribution >= 4 is 94.1 Å². The van der Waals surface area contributed by atoms with Gasteiger partial charge in [-0.1, -0.05) is 41.5 Å². The summed E-state index contributed by atoms with van der Waals surface area (Å²) in [7, 11) is 0. The highest BCUT2D eigenvalue weighted by Gasteiger charge is 2.65. The quantitative estimate of drug-likeness (QED) is 0.273. The van der Waals surface area contributed by atoms with Crippen molar-refractivity contribution in [3.8, 4) is 0 Å². The Balaban J connectivity index is 0.679. The molecule has 0 spiro atoms. The Hall–Kier alpha value is 2.80. The van der Waals surface area contributed by atoms with E-state index in [2.05, 4.69) is 136 Å². The monoisotopic (exact) mass is 822 g/mol. The maximum absolute atomic E-state index is 2.73. The summed E-state index contributed by atoms with van der Waals surface area (Å²) in [6, 6.07) is 0. The Kier molecular flexibility index (Phi) is 8.81. The fourth-order valence-electron chi connectivity index (χ4n) is 15.8. The van der Waals surface area contributed by atoms with Crippen LogP contribution in [0.2, 0.25) is 0 Å². The largest absolute Gasteiger partial charge is 0.154 e. The fourth-order valence-corrected chi connectivity index (χ4v) is 33.7. The van der Waals surface area contributed by atoms with E-state index in [1.54, 1.807) is 38.5 Å². The Morgan fingerprint density at radius 1 is 0.240 bits per heavy atom. The van der Waals surface area contributed by atoms with Crippen LogP contribution in [0, 0.1) is 71.0 Å². The van der Waals surface area contributed by atoms with E-state index in [0.29, 0.717) is 0 Å². The number of hydrogen-bond donors (Lipinski definition) is 0. The van der Waals surface area contributed by atoms with E-state index in [1.165, 1.54) is 12.8 Å². The molecule has 12 rings (SSSR count). The molecule has 278 valence electrons. The van der Waals surface area contributed by atoms with Crippen LogP contribution >= 0.6 is 94.1 Å². The first kappa shape index (κ1) is 34.8. The van der Waals surface area contributed by atoms with E-state index < -0.39 is 0 Å². The lowest BCUT2D eigenvalue weighted by Gasteiger charge is -2.25. The molecule has 0 bridgehead atoms. The van der Waals surface area contributed by atoms with Crippen LogP contribution in [-0.4, -0.2) is 84.0 Å². The van der Waals surface area contributed by atoms with Gasteiger partial charge in [-0.2, -0.15) is 94.1 Å². The van der Waals surface area contributed by atoms with Crippen LogP contribution in [0.15, 0.2) is 0 Å². The molecule has 0 aromatic rings. The molecule has 0 nitrogen and oxygen atoms in total. The fraction of sp³-hybridized carbons (Fsp3) is 1.00. The first-order valence-corrected chi connectivity index (χ1v) is 29.0. The normalized spacial score (nSPS) is 68.5. The molecule has 0 radical (unpaired) electrons. The summed E-state index contributed by atoms with van der Waals surface area (Å²) in [5, 5.41) is 15.5. The van der Waals surface area contributed by atoms with Crippen molar-refractivity contribution in [3.63, 3.8) is 0 Å². The Bertz CT molecular complexity index is 1260. The predicted molar refractivity (Wildman–Crippen MR) is 234 cm³/mol. The minimum Gasteiger partial charge on any atom is -0.154 e. The molecular formula is C42H62S8. The van der Waals surface area contributed by atoms with Gasteiger partial charge >= 0.3 is 0 Å². The van der Waals surface area contributed by atoms with Gasteiger partial charge in [0.2, 0.25) is 0 Å². The smallest absolute Gasteiger partial charge is 0.0203 e. The molecule has 8 heterocycles. The van der Waals surface area contributed by atoms with Gasteiger partial charge in [0.1, 0.15) is 0 Å². The highest BCUT2D eigenvalue weighted by molar-refractivity contribution is 8.09. The number of fused-ring (bicyclic) bond motifs is 12. The van der Waals surface area contributed by atoms with Crippen LogP contribution in [0.5, 0.6) is 0 Å². The highest BCUT2D eigenvalue weighted by Crippen LogP contribution is 2.71. The zero-order valence-corrected chi connectivity index (χ0v) is 37.6. The number of thioether (sulfide) groups is 8. The predicted octanol–water partition coefficient (Wildman–Crippen LogP) is 11.5. The first-order chi connectivity index (χ1) is 24.2. The molecule has 0 aromatic carbocycles. The van der Waals surface area contributed by atoms with Crippen LogP contribution in [0.3, 0.4) is 0 Å². The van der Waals surface area contributed by atoms with Crippen LogP contribution in [0.1, 0.15) is 92.9 Å². The summed E-state index contributed by atoms with van der Waals surface area (Å²) >= 11 is 20.1. The molecule has 0 N–H and O–H groups in total. The van der Waals surface area contributed by atoms with Gasteiger partial charge < -0.3 is 0 Å². The summed E-state index contributed by atoms with van der Waals surface area (Å²) in [6.45, 7) is 15.8. The summed E-state index contributed by atoms with van der Waals surface area (Å²) in [5.74, 6) is 12.2. The van der Waals surface area contributed by atoms with Crippen molar-refractivity contribution < 1.29 is 0 Å². The second kappa shape index (κ2) is 12.6. The minimum atomic E-state index is 0.914. The van der Waals surface area contributed by atoms with Gasteiger partial charge in [-0.25, -0.2) is 0 Å². The second-order valence-electron chi connectivity index (χ2n) is 20.3. The summed E-state index contributed by atoms with van der Waals surface area (Å²) < 4.78 is 0. The van der Waals surface area contributed by atoms with Crippen molar-refractivity contribution in [1.29, 1.82) is 0 Å².